The summed E-state index contributed by atoms with van der Waals surface area (Å²) in [6, 6.07) is 0.640. The Bertz CT molecular complexity index is 262. The summed E-state index contributed by atoms with van der Waals surface area (Å²) >= 11 is 0. The zero-order valence-electron chi connectivity index (χ0n) is 14.3. The third-order valence-electron chi connectivity index (χ3n) is 4.71. The first-order valence-electron chi connectivity index (χ1n) is 8.62. The summed E-state index contributed by atoms with van der Waals surface area (Å²) in [7, 11) is 0. The first-order chi connectivity index (χ1) is 9.52. The maximum Gasteiger partial charge on any atom is 0.0628 e. The second kappa shape index (κ2) is 8.35. The summed E-state index contributed by atoms with van der Waals surface area (Å²) in [6.07, 6.45) is 4.93. The second-order valence-electron chi connectivity index (χ2n) is 6.91. The van der Waals surface area contributed by atoms with Gasteiger partial charge >= 0.3 is 0 Å². The smallest absolute Gasteiger partial charge is 0.0628 e. The molecule has 0 bridgehead atoms. The number of hydrogen-bond donors (Lipinski definition) is 2. The predicted octanol–water partition coefficient (Wildman–Crippen LogP) is 2.88. The summed E-state index contributed by atoms with van der Waals surface area (Å²) in [4.78, 5) is 2.63. The molecule has 0 aromatic carbocycles. The van der Waals surface area contributed by atoms with Crippen molar-refractivity contribution in [3.05, 3.63) is 0 Å². The van der Waals surface area contributed by atoms with Crippen molar-refractivity contribution >= 4 is 0 Å². The Morgan fingerprint density at radius 3 is 2.15 bits per heavy atom. The minimum absolute atomic E-state index is 0.0772. The molecule has 1 aliphatic rings. The maximum atomic E-state index is 10.0. The van der Waals surface area contributed by atoms with E-state index in [9.17, 15) is 5.11 Å². The molecule has 0 amide bonds. The Balaban J connectivity index is 2.82. The quantitative estimate of drug-likeness (QED) is 0.612. The van der Waals surface area contributed by atoms with Crippen LogP contribution in [-0.2, 0) is 0 Å². The molecule has 1 fully saturated rings. The predicted molar refractivity (Wildman–Crippen MR) is 87.0 cm³/mol. The summed E-state index contributed by atoms with van der Waals surface area (Å²) in [5.74, 6) is 1.34. The third-order valence-corrected chi connectivity index (χ3v) is 4.71. The molecule has 1 atom stereocenters. The standard InChI is InChI=1S/C17H36N2O/c1-6-16(7-2)19(11-14(4)5)12-17(13-20,18-8-3)15-9-10-15/h14-16,18,20H,6-13H2,1-5H3. The number of nitrogens with zero attached hydrogens (tertiary/aromatic N) is 1. The number of rotatable bonds is 11. The van der Waals surface area contributed by atoms with Gasteiger partial charge in [-0.15, -0.1) is 0 Å². The van der Waals surface area contributed by atoms with Crippen molar-refractivity contribution in [2.45, 2.75) is 71.9 Å². The number of aliphatic hydroxyl groups excluding tert-OH is 1. The van der Waals surface area contributed by atoms with Gasteiger partial charge in [-0.3, -0.25) is 4.90 Å². The van der Waals surface area contributed by atoms with Crippen LogP contribution in [0, 0.1) is 11.8 Å². The van der Waals surface area contributed by atoms with Crippen LogP contribution < -0.4 is 5.32 Å². The Hall–Kier alpha value is -0.120. The molecule has 1 aliphatic carbocycles. The van der Waals surface area contributed by atoms with Gasteiger partial charge in [-0.25, -0.2) is 0 Å². The van der Waals surface area contributed by atoms with E-state index in [0.29, 0.717) is 17.9 Å². The van der Waals surface area contributed by atoms with Crippen molar-refractivity contribution in [2.24, 2.45) is 11.8 Å². The molecule has 0 aromatic heterocycles. The topological polar surface area (TPSA) is 35.5 Å². The number of likely N-dealkylation sites (N-methyl/N-ethyl adjacent to an activating group) is 1. The number of hydrogen-bond acceptors (Lipinski definition) is 3. The van der Waals surface area contributed by atoms with Gasteiger partial charge in [0.05, 0.1) is 12.1 Å². The van der Waals surface area contributed by atoms with Gasteiger partial charge in [0.1, 0.15) is 0 Å². The molecular weight excluding hydrogens is 248 g/mol. The van der Waals surface area contributed by atoms with E-state index in [-0.39, 0.29) is 12.1 Å². The Morgan fingerprint density at radius 2 is 1.80 bits per heavy atom. The fourth-order valence-electron chi connectivity index (χ4n) is 3.53. The number of nitrogens with one attached hydrogen (secondary N) is 1. The van der Waals surface area contributed by atoms with Crippen LogP contribution in [0.5, 0.6) is 0 Å². The summed E-state index contributed by atoms with van der Waals surface area (Å²) in [5.41, 5.74) is -0.0772. The SMILES string of the molecule is CCNC(CO)(CN(CC(C)C)C(CC)CC)C1CC1. The lowest BCUT2D eigenvalue weighted by Gasteiger charge is -2.42. The molecule has 0 heterocycles. The van der Waals surface area contributed by atoms with Crippen LogP contribution in [0.1, 0.15) is 60.3 Å². The fourth-order valence-corrected chi connectivity index (χ4v) is 3.53. The Morgan fingerprint density at radius 1 is 1.20 bits per heavy atom. The third kappa shape index (κ3) is 4.71. The summed E-state index contributed by atoms with van der Waals surface area (Å²) in [6.45, 7) is 14.6. The van der Waals surface area contributed by atoms with E-state index in [1.54, 1.807) is 0 Å². The minimum Gasteiger partial charge on any atom is -0.394 e. The monoisotopic (exact) mass is 284 g/mol. The highest BCUT2D eigenvalue weighted by Crippen LogP contribution is 2.40. The van der Waals surface area contributed by atoms with Gasteiger partial charge in [0.15, 0.2) is 0 Å². The average molecular weight is 284 g/mol. The van der Waals surface area contributed by atoms with Gasteiger partial charge < -0.3 is 10.4 Å². The van der Waals surface area contributed by atoms with Crippen molar-refractivity contribution in [3.8, 4) is 0 Å². The van der Waals surface area contributed by atoms with E-state index in [4.69, 9.17) is 0 Å². The van der Waals surface area contributed by atoms with Crippen LogP contribution in [-0.4, -0.2) is 47.8 Å². The highest BCUT2D eigenvalue weighted by molar-refractivity contribution is 5.03. The molecular formula is C17H36N2O. The molecule has 1 saturated carbocycles. The van der Waals surface area contributed by atoms with Crippen molar-refractivity contribution in [1.29, 1.82) is 0 Å². The molecule has 0 aliphatic heterocycles. The Kier molecular flexibility index (Phi) is 7.49. The molecule has 0 radical (unpaired) electrons. The van der Waals surface area contributed by atoms with E-state index in [1.165, 1.54) is 25.7 Å². The van der Waals surface area contributed by atoms with Crippen LogP contribution in [0.15, 0.2) is 0 Å². The van der Waals surface area contributed by atoms with Gasteiger partial charge in [-0.05, 0) is 44.1 Å². The maximum absolute atomic E-state index is 10.0. The van der Waals surface area contributed by atoms with Crippen molar-refractivity contribution < 1.29 is 5.11 Å². The molecule has 3 heteroatoms. The molecule has 20 heavy (non-hydrogen) atoms. The highest BCUT2D eigenvalue weighted by Gasteiger charge is 2.45. The van der Waals surface area contributed by atoms with E-state index < -0.39 is 0 Å². The van der Waals surface area contributed by atoms with Crippen molar-refractivity contribution in [2.75, 3.05) is 26.2 Å². The first kappa shape index (κ1) is 17.9. The molecule has 0 saturated heterocycles. The highest BCUT2D eigenvalue weighted by atomic mass is 16.3. The lowest BCUT2D eigenvalue weighted by molar-refractivity contribution is 0.0613. The summed E-state index contributed by atoms with van der Waals surface area (Å²) < 4.78 is 0. The van der Waals surface area contributed by atoms with Crippen LogP contribution in [0.25, 0.3) is 0 Å². The molecule has 0 spiro atoms. The normalized spacial score (nSPS) is 19.1. The van der Waals surface area contributed by atoms with Gasteiger partial charge in [-0.1, -0.05) is 34.6 Å². The fraction of sp³-hybridized carbons (Fsp3) is 1.00. The molecule has 0 aromatic rings. The molecule has 1 rings (SSSR count). The Labute approximate surface area is 126 Å². The van der Waals surface area contributed by atoms with Crippen LogP contribution in [0.2, 0.25) is 0 Å². The van der Waals surface area contributed by atoms with Gasteiger partial charge in [-0.2, -0.15) is 0 Å². The molecule has 120 valence electrons. The minimum atomic E-state index is -0.0772. The molecule has 1 unspecified atom stereocenters. The largest absolute Gasteiger partial charge is 0.394 e. The summed E-state index contributed by atoms with van der Waals surface area (Å²) in [5, 5.41) is 13.7. The van der Waals surface area contributed by atoms with E-state index in [1.807, 2.05) is 0 Å². The van der Waals surface area contributed by atoms with E-state index >= 15 is 0 Å². The molecule has 3 nitrogen and oxygen atoms in total. The van der Waals surface area contributed by atoms with Crippen LogP contribution in [0.4, 0.5) is 0 Å². The first-order valence-corrected chi connectivity index (χ1v) is 8.62. The van der Waals surface area contributed by atoms with Crippen LogP contribution >= 0.6 is 0 Å². The van der Waals surface area contributed by atoms with Gasteiger partial charge in [0, 0.05) is 19.1 Å². The zero-order valence-corrected chi connectivity index (χ0v) is 14.3. The average Bonchev–Trinajstić information content (AvgIpc) is 3.23. The lowest BCUT2D eigenvalue weighted by Crippen LogP contribution is -2.59. The second-order valence-corrected chi connectivity index (χ2v) is 6.91. The van der Waals surface area contributed by atoms with E-state index in [2.05, 4.69) is 44.8 Å². The van der Waals surface area contributed by atoms with Gasteiger partial charge in [0.25, 0.3) is 0 Å². The van der Waals surface area contributed by atoms with Crippen molar-refractivity contribution in [3.63, 3.8) is 0 Å². The van der Waals surface area contributed by atoms with Crippen LogP contribution in [0.3, 0.4) is 0 Å². The molecule has 2 N–H and O–H groups in total. The van der Waals surface area contributed by atoms with E-state index in [0.717, 1.165) is 19.6 Å². The lowest BCUT2D eigenvalue weighted by atomic mass is 9.91. The zero-order chi connectivity index (χ0) is 15.2. The number of aliphatic hydroxyl groups is 1. The van der Waals surface area contributed by atoms with Gasteiger partial charge in [0.2, 0.25) is 0 Å². The van der Waals surface area contributed by atoms with Crippen molar-refractivity contribution in [1.82, 2.24) is 10.2 Å².